The number of ether oxygens (including phenoxy) is 3. The molecule has 1 aromatic heterocycles. The van der Waals surface area contributed by atoms with Crippen LogP contribution in [0.3, 0.4) is 0 Å². The van der Waals surface area contributed by atoms with Gasteiger partial charge in [0.15, 0.2) is 5.75 Å². The summed E-state index contributed by atoms with van der Waals surface area (Å²) in [5, 5.41) is 0.851. The van der Waals surface area contributed by atoms with Crippen LogP contribution < -0.4 is 19.8 Å². The van der Waals surface area contributed by atoms with E-state index in [2.05, 4.69) is 13.8 Å². The molecule has 5 nitrogen and oxygen atoms in total. The van der Waals surface area contributed by atoms with E-state index in [1.54, 1.807) is 11.7 Å². The van der Waals surface area contributed by atoms with E-state index in [-0.39, 0.29) is 11.3 Å². The van der Waals surface area contributed by atoms with E-state index in [4.69, 9.17) is 14.2 Å². The fourth-order valence-corrected chi connectivity index (χ4v) is 3.78. The average molecular weight is 438 g/mol. The zero-order valence-electron chi connectivity index (χ0n) is 19.6. The molecule has 0 saturated heterocycles. The maximum absolute atomic E-state index is 13.5. The lowest BCUT2D eigenvalue weighted by molar-refractivity contribution is 0.279. The van der Waals surface area contributed by atoms with Crippen LogP contribution in [0.15, 0.2) is 53.3 Å². The Labute approximate surface area is 190 Å². The van der Waals surface area contributed by atoms with Gasteiger partial charge in [0.1, 0.15) is 12.4 Å². The number of pyridine rings is 1. The van der Waals surface area contributed by atoms with Crippen molar-refractivity contribution >= 4 is 10.9 Å². The summed E-state index contributed by atoms with van der Waals surface area (Å²) in [5.41, 5.74) is 1.65. The molecular weight excluding hydrogens is 402 g/mol. The third kappa shape index (κ3) is 5.84. The van der Waals surface area contributed by atoms with Crippen LogP contribution in [0.2, 0.25) is 0 Å². The second kappa shape index (κ2) is 12.2. The molecule has 32 heavy (non-hydrogen) atoms. The number of rotatable bonds is 13. The number of nitrogens with zero attached hydrogens (tertiary/aromatic N) is 1. The summed E-state index contributed by atoms with van der Waals surface area (Å²) in [7, 11) is 1.58. The molecule has 2 aromatic carbocycles. The lowest BCUT2D eigenvalue weighted by Gasteiger charge is -2.18. The van der Waals surface area contributed by atoms with Crippen LogP contribution in [-0.4, -0.2) is 18.3 Å². The normalized spacial score (nSPS) is 11.0. The Balaban J connectivity index is 1.96. The quantitative estimate of drug-likeness (QED) is 0.292. The highest BCUT2D eigenvalue weighted by Gasteiger charge is 2.19. The Bertz CT molecular complexity index is 1040. The standard InChI is InChI=1S/C27H35NO4/c1-4-6-8-12-18-31-22-15-16-23-24(19-22)28(17-7-5-2)27(29)26(25(23)30-3)32-20-21-13-10-9-11-14-21/h9-11,13-16,19H,4-8,12,17-18,20H2,1-3H3. The molecule has 0 aliphatic rings. The van der Waals surface area contributed by atoms with Crippen molar-refractivity contribution in [2.45, 2.75) is 65.5 Å². The van der Waals surface area contributed by atoms with Crippen LogP contribution in [0.1, 0.15) is 57.9 Å². The minimum atomic E-state index is -0.168. The summed E-state index contributed by atoms with van der Waals surface area (Å²) in [6, 6.07) is 15.7. The summed E-state index contributed by atoms with van der Waals surface area (Å²) < 4.78 is 19.5. The monoisotopic (exact) mass is 437 g/mol. The van der Waals surface area contributed by atoms with Gasteiger partial charge in [0.05, 0.1) is 19.2 Å². The number of hydrogen-bond donors (Lipinski definition) is 0. The summed E-state index contributed by atoms with van der Waals surface area (Å²) in [4.78, 5) is 13.5. The third-order valence-corrected chi connectivity index (χ3v) is 5.58. The van der Waals surface area contributed by atoms with Gasteiger partial charge in [-0.05, 0) is 30.5 Å². The lowest BCUT2D eigenvalue weighted by atomic mass is 10.1. The van der Waals surface area contributed by atoms with Gasteiger partial charge >= 0.3 is 0 Å². The minimum absolute atomic E-state index is 0.168. The number of benzene rings is 2. The number of fused-ring (bicyclic) bond motifs is 1. The van der Waals surface area contributed by atoms with Gasteiger partial charge in [0.2, 0.25) is 5.75 Å². The van der Waals surface area contributed by atoms with E-state index < -0.39 is 0 Å². The van der Waals surface area contributed by atoms with Crippen molar-refractivity contribution in [2.24, 2.45) is 0 Å². The van der Waals surface area contributed by atoms with Crippen molar-refractivity contribution in [1.29, 1.82) is 0 Å². The topological polar surface area (TPSA) is 49.7 Å². The van der Waals surface area contributed by atoms with E-state index >= 15 is 0 Å². The number of aryl methyl sites for hydroxylation is 1. The van der Waals surface area contributed by atoms with Crippen LogP contribution in [0.4, 0.5) is 0 Å². The van der Waals surface area contributed by atoms with Gasteiger partial charge in [0, 0.05) is 18.0 Å². The van der Waals surface area contributed by atoms with E-state index in [9.17, 15) is 4.79 Å². The second-order valence-electron chi connectivity index (χ2n) is 8.04. The molecule has 3 rings (SSSR count). The first-order valence-electron chi connectivity index (χ1n) is 11.7. The SMILES string of the molecule is CCCCCCOc1ccc2c(OC)c(OCc3ccccc3)c(=O)n(CCCC)c2c1. The maximum Gasteiger partial charge on any atom is 0.297 e. The van der Waals surface area contributed by atoms with Gasteiger partial charge in [0.25, 0.3) is 5.56 Å². The predicted molar refractivity (Wildman–Crippen MR) is 130 cm³/mol. The molecule has 5 heteroatoms. The average Bonchev–Trinajstić information content (AvgIpc) is 2.82. The fraction of sp³-hybridized carbons (Fsp3) is 0.444. The molecule has 0 radical (unpaired) electrons. The molecule has 0 amide bonds. The largest absolute Gasteiger partial charge is 0.494 e. The molecule has 0 N–H and O–H groups in total. The van der Waals surface area contributed by atoms with E-state index in [1.165, 1.54) is 19.3 Å². The van der Waals surface area contributed by atoms with E-state index in [0.717, 1.165) is 41.5 Å². The van der Waals surface area contributed by atoms with E-state index in [1.807, 2.05) is 48.5 Å². The van der Waals surface area contributed by atoms with Gasteiger partial charge in [-0.3, -0.25) is 4.79 Å². The molecule has 172 valence electrons. The predicted octanol–water partition coefficient (Wildman–Crippen LogP) is 6.35. The summed E-state index contributed by atoms with van der Waals surface area (Å²) in [6.07, 6.45) is 6.52. The Morgan fingerprint density at radius 3 is 2.34 bits per heavy atom. The molecule has 0 aliphatic heterocycles. The summed E-state index contributed by atoms with van der Waals surface area (Å²) >= 11 is 0. The highest BCUT2D eigenvalue weighted by atomic mass is 16.5. The number of unbranched alkanes of at least 4 members (excludes halogenated alkanes) is 4. The molecule has 0 aliphatic carbocycles. The first-order chi connectivity index (χ1) is 15.7. The third-order valence-electron chi connectivity index (χ3n) is 5.58. The second-order valence-corrected chi connectivity index (χ2v) is 8.04. The summed E-state index contributed by atoms with van der Waals surface area (Å²) in [6.45, 7) is 5.93. The van der Waals surface area contributed by atoms with Gasteiger partial charge < -0.3 is 18.8 Å². The number of hydrogen-bond acceptors (Lipinski definition) is 4. The molecule has 0 bridgehead atoms. The van der Waals surface area contributed by atoms with Gasteiger partial charge in [-0.2, -0.15) is 0 Å². The van der Waals surface area contributed by atoms with Gasteiger partial charge in [-0.1, -0.05) is 69.9 Å². The highest BCUT2D eigenvalue weighted by Crippen LogP contribution is 2.35. The number of methoxy groups -OCH3 is 1. The molecule has 0 atom stereocenters. The number of aromatic nitrogens is 1. The maximum atomic E-state index is 13.5. The Kier molecular flexibility index (Phi) is 9.02. The Morgan fingerprint density at radius 1 is 0.844 bits per heavy atom. The van der Waals surface area contributed by atoms with Crippen molar-refractivity contribution in [2.75, 3.05) is 13.7 Å². The van der Waals surface area contributed by atoms with Crippen LogP contribution in [0.25, 0.3) is 10.9 Å². The van der Waals surface area contributed by atoms with Crippen LogP contribution in [-0.2, 0) is 13.2 Å². The molecule has 0 spiro atoms. The van der Waals surface area contributed by atoms with Crippen molar-refractivity contribution in [1.82, 2.24) is 4.57 Å². The van der Waals surface area contributed by atoms with Crippen molar-refractivity contribution < 1.29 is 14.2 Å². The zero-order chi connectivity index (χ0) is 22.8. The lowest BCUT2D eigenvalue weighted by Crippen LogP contribution is -2.23. The summed E-state index contributed by atoms with van der Waals surface area (Å²) in [5.74, 6) is 1.51. The van der Waals surface area contributed by atoms with Crippen molar-refractivity contribution in [3.05, 3.63) is 64.4 Å². The molecule has 3 aromatic rings. The molecule has 0 unspecified atom stereocenters. The zero-order valence-corrected chi connectivity index (χ0v) is 19.6. The first kappa shape index (κ1) is 23.7. The van der Waals surface area contributed by atoms with Crippen LogP contribution >= 0.6 is 0 Å². The molecule has 0 fully saturated rings. The Morgan fingerprint density at radius 2 is 1.62 bits per heavy atom. The smallest absolute Gasteiger partial charge is 0.297 e. The van der Waals surface area contributed by atoms with Crippen LogP contribution in [0.5, 0.6) is 17.2 Å². The van der Waals surface area contributed by atoms with E-state index in [0.29, 0.717) is 25.5 Å². The molecule has 0 saturated carbocycles. The Hall–Kier alpha value is -2.95. The minimum Gasteiger partial charge on any atom is -0.494 e. The van der Waals surface area contributed by atoms with Crippen molar-refractivity contribution in [3.63, 3.8) is 0 Å². The first-order valence-corrected chi connectivity index (χ1v) is 11.7. The highest BCUT2D eigenvalue weighted by molar-refractivity contribution is 5.89. The van der Waals surface area contributed by atoms with Crippen LogP contribution in [0, 0.1) is 0 Å². The molecular formula is C27H35NO4. The fourth-order valence-electron chi connectivity index (χ4n) is 3.78. The molecule has 1 heterocycles. The van der Waals surface area contributed by atoms with Crippen molar-refractivity contribution in [3.8, 4) is 17.2 Å². The van der Waals surface area contributed by atoms with Gasteiger partial charge in [-0.15, -0.1) is 0 Å². The van der Waals surface area contributed by atoms with Gasteiger partial charge in [-0.25, -0.2) is 0 Å².